The predicted molar refractivity (Wildman–Crippen MR) is 106 cm³/mol. The van der Waals surface area contributed by atoms with E-state index in [0.717, 1.165) is 5.56 Å². The molecule has 1 atom stereocenters. The number of rotatable bonds is 7. The van der Waals surface area contributed by atoms with Crippen molar-refractivity contribution in [3.8, 4) is 0 Å². The third-order valence-corrected chi connectivity index (χ3v) is 4.09. The molecular weight excluding hydrogens is 342 g/mol. The summed E-state index contributed by atoms with van der Waals surface area (Å²) in [6.07, 6.45) is 0. The van der Waals surface area contributed by atoms with Crippen molar-refractivity contribution in [1.29, 1.82) is 0 Å². The molecule has 0 saturated carbocycles. The highest BCUT2D eigenvalue weighted by Gasteiger charge is 2.24. The van der Waals surface area contributed by atoms with E-state index in [1.807, 2.05) is 44.2 Å². The van der Waals surface area contributed by atoms with Crippen LogP contribution >= 0.6 is 0 Å². The molecule has 0 radical (unpaired) electrons. The molecule has 3 amide bonds. The molecular formula is C21H25N3O3. The number of amides is 3. The first-order valence-corrected chi connectivity index (χ1v) is 8.87. The Balaban J connectivity index is 1.93. The zero-order valence-corrected chi connectivity index (χ0v) is 15.8. The van der Waals surface area contributed by atoms with Crippen LogP contribution < -0.4 is 16.0 Å². The number of carbonyl (C=O) groups is 3. The molecule has 0 heterocycles. The maximum Gasteiger partial charge on any atom is 0.315 e. The molecule has 1 unspecified atom stereocenters. The number of Topliss-reactive ketones (excluding diaryl/α,β-unsaturated/α-hetero) is 1. The van der Waals surface area contributed by atoms with Gasteiger partial charge in [0.25, 0.3) is 0 Å². The average Bonchev–Trinajstić information content (AvgIpc) is 2.65. The lowest BCUT2D eigenvalue weighted by molar-refractivity contribution is -0.118. The second-order valence-corrected chi connectivity index (χ2v) is 6.66. The number of hydrogen-bond donors (Lipinski definition) is 3. The Kier molecular flexibility index (Phi) is 7.11. The number of benzene rings is 2. The summed E-state index contributed by atoms with van der Waals surface area (Å²) in [5, 5.41) is 8.25. The number of ketones is 1. The molecule has 6 heteroatoms. The fourth-order valence-corrected chi connectivity index (χ4v) is 2.51. The van der Waals surface area contributed by atoms with Crippen LogP contribution in [0.5, 0.6) is 0 Å². The highest BCUT2D eigenvalue weighted by molar-refractivity contribution is 5.98. The van der Waals surface area contributed by atoms with E-state index < -0.39 is 12.1 Å². The van der Waals surface area contributed by atoms with Crippen molar-refractivity contribution in [2.45, 2.75) is 33.4 Å². The lowest BCUT2D eigenvalue weighted by Gasteiger charge is -2.22. The van der Waals surface area contributed by atoms with Crippen LogP contribution in [0.15, 0.2) is 54.6 Å². The van der Waals surface area contributed by atoms with E-state index in [0.29, 0.717) is 17.8 Å². The maximum atomic E-state index is 12.6. The van der Waals surface area contributed by atoms with Crippen LogP contribution in [0.4, 0.5) is 10.5 Å². The Morgan fingerprint density at radius 3 is 2.11 bits per heavy atom. The van der Waals surface area contributed by atoms with E-state index in [-0.39, 0.29) is 17.6 Å². The van der Waals surface area contributed by atoms with Crippen molar-refractivity contribution in [1.82, 2.24) is 10.6 Å². The smallest absolute Gasteiger partial charge is 0.315 e. The molecule has 0 aliphatic carbocycles. The summed E-state index contributed by atoms with van der Waals surface area (Å²) < 4.78 is 0. The monoisotopic (exact) mass is 367 g/mol. The van der Waals surface area contributed by atoms with E-state index in [1.54, 1.807) is 24.3 Å². The molecule has 0 aromatic heterocycles. The van der Waals surface area contributed by atoms with E-state index >= 15 is 0 Å². The van der Waals surface area contributed by atoms with Gasteiger partial charge in [-0.05, 0) is 42.7 Å². The number of hydrogen-bond acceptors (Lipinski definition) is 3. The zero-order chi connectivity index (χ0) is 19.8. The van der Waals surface area contributed by atoms with Crippen LogP contribution in [0, 0.1) is 5.92 Å². The first kappa shape index (κ1) is 20.2. The van der Waals surface area contributed by atoms with Crippen molar-refractivity contribution in [3.63, 3.8) is 0 Å². The van der Waals surface area contributed by atoms with Gasteiger partial charge in [0.05, 0.1) is 0 Å². The first-order chi connectivity index (χ1) is 12.9. The van der Waals surface area contributed by atoms with Gasteiger partial charge >= 0.3 is 6.03 Å². The quantitative estimate of drug-likeness (QED) is 0.656. The van der Waals surface area contributed by atoms with Crippen molar-refractivity contribution >= 4 is 23.4 Å². The van der Waals surface area contributed by atoms with Crippen LogP contribution in [0.25, 0.3) is 0 Å². The SMILES string of the molecule is CC(=O)c1ccc(NC(=O)C(NC(=O)NCc2ccccc2)C(C)C)cc1. The van der Waals surface area contributed by atoms with Crippen molar-refractivity contribution in [2.24, 2.45) is 5.92 Å². The van der Waals surface area contributed by atoms with Crippen LogP contribution in [0.2, 0.25) is 0 Å². The number of urea groups is 1. The molecule has 27 heavy (non-hydrogen) atoms. The van der Waals surface area contributed by atoms with E-state index in [1.165, 1.54) is 6.92 Å². The van der Waals surface area contributed by atoms with Gasteiger partial charge in [-0.3, -0.25) is 9.59 Å². The highest BCUT2D eigenvalue weighted by atomic mass is 16.2. The molecule has 0 bridgehead atoms. The van der Waals surface area contributed by atoms with Gasteiger partial charge in [0.15, 0.2) is 5.78 Å². The van der Waals surface area contributed by atoms with Crippen LogP contribution in [0.3, 0.4) is 0 Å². The molecule has 6 nitrogen and oxygen atoms in total. The van der Waals surface area contributed by atoms with E-state index in [9.17, 15) is 14.4 Å². The minimum absolute atomic E-state index is 0.0373. The number of anilines is 1. The third kappa shape index (κ3) is 6.26. The molecule has 3 N–H and O–H groups in total. The summed E-state index contributed by atoms with van der Waals surface area (Å²) >= 11 is 0. The van der Waals surface area contributed by atoms with Gasteiger partial charge in [-0.25, -0.2) is 4.79 Å². The highest BCUT2D eigenvalue weighted by Crippen LogP contribution is 2.12. The summed E-state index contributed by atoms with van der Waals surface area (Å²) in [6.45, 7) is 5.59. The minimum atomic E-state index is -0.687. The second kappa shape index (κ2) is 9.52. The average molecular weight is 367 g/mol. The molecule has 2 rings (SSSR count). The number of nitrogens with one attached hydrogen (secondary N) is 3. The molecule has 0 fully saturated rings. The molecule has 2 aromatic rings. The van der Waals surface area contributed by atoms with Gasteiger partial charge in [-0.15, -0.1) is 0 Å². The zero-order valence-electron chi connectivity index (χ0n) is 15.8. The van der Waals surface area contributed by atoms with Gasteiger partial charge in [0, 0.05) is 17.8 Å². The third-order valence-electron chi connectivity index (χ3n) is 4.09. The topological polar surface area (TPSA) is 87.3 Å². The lowest BCUT2D eigenvalue weighted by atomic mass is 10.0. The largest absolute Gasteiger partial charge is 0.334 e. The minimum Gasteiger partial charge on any atom is -0.334 e. The molecule has 2 aromatic carbocycles. The lowest BCUT2D eigenvalue weighted by Crippen LogP contribution is -2.50. The van der Waals surface area contributed by atoms with Crippen LogP contribution in [-0.4, -0.2) is 23.8 Å². The maximum absolute atomic E-state index is 12.6. The predicted octanol–water partition coefficient (Wildman–Crippen LogP) is 3.35. The fraction of sp³-hybridized carbons (Fsp3) is 0.286. The molecule has 142 valence electrons. The van der Waals surface area contributed by atoms with Gasteiger partial charge in [0.1, 0.15) is 6.04 Å². The fourth-order valence-electron chi connectivity index (χ4n) is 2.51. The van der Waals surface area contributed by atoms with Crippen LogP contribution in [-0.2, 0) is 11.3 Å². The van der Waals surface area contributed by atoms with Gasteiger partial charge < -0.3 is 16.0 Å². The number of carbonyl (C=O) groups excluding carboxylic acids is 3. The summed E-state index contributed by atoms with van der Waals surface area (Å²) in [7, 11) is 0. The van der Waals surface area contributed by atoms with Crippen molar-refractivity contribution in [3.05, 3.63) is 65.7 Å². The first-order valence-electron chi connectivity index (χ1n) is 8.87. The summed E-state index contributed by atoms with van der Waals surface area (Å²) in [4.78, 5) is 36.1. The van der Waals surface area contributed by atoms with Gasteiger partial charge in [0.2, 0.25) is 5.91 Å². The summed E-state index contributed by atoms with van der Waals surface area (Å²) in [5.41, 5.74) is 2.12. The second-order valence-electron chi connectivity index (χ2n) is 6.66. The Bertz CT molecular complexity index is 786. The molecule has 0 aliphatic heterocycles. The molecule has 0 aliphatic rings. The molecule has 0 saturated heterocycles. The Hall–Kier alpha value is -3.15. The van der Waals surface area contributed by atoms with Crippen LogP contribution in [0.1, 0.15) is 36.7 Å². The van der Waals surface area contributed by atoms with Gasteiger partial charge in [-0.1, -0.05) is 44.2 Å². The van der Waals surface area contributed by atoms with E-state index in [4.69, 9.17) is 0 Å². The summed E-state index contributed by atoms with van der Waals surface area (Å²) in [5.74, 6) is -0.441. The summed E-state index contributed by atoms with van der Waals surface area (Å²) in [6, 6.07) is 15.1. The Morgan fingerprint density at radius 2 is 1.56 bits per heavy atom. The van der Waals surface area contributed by atoms with Crippen molar-refractivity contribution < 1.29 is 14.4 Å². The standard InChI is InChI=1S/C21H25N3O3/c1-14(2)19(24-21(27)22-13-16-7-5-4-6-8-16)20(26)23-18-11-9-17(10-12-18)15(3)25/h4-12,14,19H,13H2,1-3H3,(H,23,26)(H2,22,24,27). The normalized spacial score (nSPS) is 11.6. The van der Waals surface area contributed by atoms with Gasteiger partial charge in [-0.2, -0.15) is 0 Å². The Morgan fingerprint density at radius 1 is 0.926 bits per heavy atom. The molecule has 0 spiro atoms. The Labute approximate surface area is 159 Å². The van der Waals surface area contributed by atoms with Crippen molar-refractivity contribution in [2.75, 3.05) is 5.32 Å². The van der Waals surface area contributed by atoms with E-state index in [2.05, 4.69) is 16.0 Å².